The first kappa shape index (κ1) is 24.6. The van der Waals surface area contributed by atoms with Crippen LogP contribution in [0, 0.1) is 5.92 Å². The van der Waals surface area contributed by atoms with E-state index in [-0.39, 0.29) is 12.8 Å². The predicted molar refractivity (Wildman–Crippen MR) is 108 cm³/mol. The minimum absolute atomic E-state index is 0.0560. The Hall–Kier alpha value is -0.680. The van der Waals surface area contributed by atoms with Crippen LogP contribution in [0.5, 0.6) is 0 Å². The average molecular weight is 472 g/mol. The summed E-state index contributed by atoms with van der Waals surface area (Å²) in [5.41, 5.74) is -1.21. The molecule has 1 fully saturated rings. The maximum Gasteiger partial charge on any atom is 0.328 e. The number of nitrogens with zero attached hydrogens (tertiary/aromatic N) is 1. The molecule has 5 atom stereocenters. The van der Waals surface area contributed by atoms with Crippen LogP contribution in [-0.4, -0.2) is 55.8 Å². The lowest BCUT2D eigenvalue weighted by molar-refractivity contribution is -0.0211. The maximum absolute atomic E-state index is 12.2. The number of hydrogen-bond donors (Lipinski definition) is 4. The van der Waals surface area contributed by atoms with Gasteiger partial charge in [0.2, 0.25) is 0 Å². The Kier molecular flexibility index (Phi) is 8.17. The summed E-state index contributed by atoms with van der Waals surface area (Å²) in [6, 6.07) is 0.579. The number of aromatic nitrogens is 2. The molecule has 1 aromatic heterocycles. The van der Waals surface area contributed by atoms with Gasteiger partial charge in [0, 0.05) is 19.4 Å². The number of H-pyrrole nitrogens is 1. The first-order valence-corrected chi connectivity index (χ1v) is 13.3. The van der Waals surface area contributed by atoms with Crippen LogP contribution in [0.25, 0.3) is 0 Å². The molecule has 2 rings (SSSR count). The average Bonchev–Trinajstić information content (AvgIpc) is 2.87. The number of hydrogen-bond acceptors (Lipinski definition) is 7. The van der Waals surface area contributed by atoms with Crippen LogP contribution < -0.4 is 11.2 Å². The molecular weight excluding hydrogens is 446 g/mol. The fraction of sp³-hybridized carbons (Fsp3) is 0.733. The molecule has 0 bridgehead atoms. The number of rotatable bonds is 9. The topological polar surface area (TPSA) is 160 Å². The highest BCUT2D eigenvalue weighted by molar-refractivity contribution is 8.07. The molecule has 1 saturated carbocycles. The molecule has 0 aromatic carbocycles. The first-order chi connectivity index (χ1) is 13.3. The lowest BCUT2D eigenvalue weighted by Crippen LogP contribution is -2.38. The summed E-state index contributed by atoms with van der Waals surface area (Å²) in [4.78, 5) is 54.7. The van der Waals surface area contributed by atoms with Crippen LogP contribution >= 0.6 is 14.3 Å². The van der Waals surface area contributed by atoms with Crippen molar-refractivity contribution in [2.45, 2.75) is 51.0 Å². The van der Waals surface area contributed by atoms with Gasteiger partial charge in [-0.1, -0.05) is 0 Å². The van der Waals surface area contributed by atoms with Crippen LogP contribution in [0.3, 0.4) is 0 Å². The van der Waals surface area contributed by atoms with E-state index in [2.05, 4.69) is 4.98 Å². The molecule has 166 valence electrons. The van der Waals surface area contributed by atoms with E-state index in [4.69, 9.17) is 25.6 Å². The van der Waals surface area contributed by atoms with E-state index in [0.29, 0.717) is 0 Å². The van der Waals surface area contributed by atoms with Crippen molar-refractivity contribution in [2.24, 2.45) is 5.92 Å². The number of ether oxygens (including phenoxy) is 1. The van der Waals surface area contributed by atoms with E-state index >= 15 is 0 Å². The SMILES string of the molecule is CO[C@@H]1[C@H](OP(O)(=S)OC(C)C)[C@@H](CCP(=O)(O)O)C[C@H]1n1ccc(=O)[nH]c1=O. The number of aromatic amines is 1. The van der Waals surface area contributed by atoms with E-state index in [1.807, 2.05) is 0 Å². The van der Waals surface area contributed by atoms with E-state index in [0.717, 1.165) is 0 Å². The molecule has 29 heavy (non-hydrogen) atoms. The van der Waals surface area contributed by atoms with Gasteiger partial charge in [-0.05, 0) is 44.4 Å². The fourth-order valence-electron chi connectivity index (χ4n) is 3.52. The third kappa shape index (κ3) is 6.92. The second kappa shape index (κ2) is 9.64. The zero-order valence-corrected chi connectivity index (χ0v) is 18.8. The number of methoxy groups -OCH3 is 1. The molecule has 0 spiro atoms. The van der Waals surface area contributed by atoms with Gasteiger partial charge in [0.05, 0.1) is 24.4 Å². The van der Waals surface area contributed by atoms with Crippen molar-refractivity contribution in [3.8, 4) is 0 Å². The second-order valence-corrected chi connectivity index (χ2v) is 11.7. The van der Waals surface area contributed by atoms with Gasteiger partial charge in [0.1, 0.15) is 6.10 Å². The summed E-state index contributed by atoms with van der Waals surface area (Å²) < 4.78 is 29.2. The van der Waals surface area contributed by atoms with Gasteiger partial charge >= 0.3 is 20.0 Å². The zero-order valence-electron chi connectivity index (χ0n) is 16.2. The van der Waals surface area contributed by atoms with E-state index < -0.39 is 62.0 Å². The molecule has 1 unspecified atom stereocenters. The van der Waals surface area contributed by atoms with Crippen molar-refractivity contribution < 1.29 is 33.0 Å². The van der Waals surface area contributed by atoms with Gasteiger partial charge in [0.15, 0.2) is 0 Å². The second-order valence-electron chi connectivity index (χ2n) is 7.15. The first-order valence-electron chi connectivity index (χ1n) is 8.91. The number of nitrogens with one attached hydrogen (secondary N) is 1. The third-order valence-corrected chi connectivity index (χ3v) is 7.14. The largest absolute Gasteiger partial charge is 0.377 e. The molecule has 0 amide bonds. The van der Waals surface area contributed by atoms with E-state index in [1.165, 1.54) is 23.9 Å². The van der Waals surface area contributed by atoms with Crippen LogP contribution in [-0.2, 0) is 30.2 Å². The molecule has 0 radical (unpaired) electrons. The predicted octanol–water partition coefficient (Wildman–Crippen LogP) is 0.707. The normalized spacial score (nSPS) is 27.3. The lowest BCUT2D eigenvalue weighted by atomic mass is 10.0. The highest BCUT2D eigenvalue weighted by atomic mass is 32.5. The Balaban J connectivity index is 2.38. The third-order valence-electron chi connectivity index (χ3n) is 4.58. The summed E-state index contributed by atoms with van der Waals surface area (Å²) in [5, 5.41) is 0. The summed E-state index contributed by atoms with van der Waals surface area (Å²) >= 11 is 5.06. The van der Waals surface area contributed by atoms with Gasteiger partial charge in [0.25, 0.3) is 5.56 Å². The molecule has 0 aliphatic heterocycles. The van der Waals surface area contributed by atoms with Gasteiger partial charge in [-0.25, -0.2) is 4.79 Å². The van der Waals surface area contributed by atoms with Crippen molar-refractivity contribution >= 4 is 26.1 Å². The summed E-state index contributed by atoms with van der Waals surface area (Å²) in [5.74, 6) is -0.485. The van der Waals surface area contributed by atoms with Crippen molar-refractivity contribution in [1.82, 2.24) is 9.55 Å². The van der Waals surface area contributed by atoms with Crippen LogP contribution in [0.4, 0.5) is 0 Å². The van der Waals surface area contributed by atoms with Gasteiger partial charge in [-0.3, -0.25) is 18.9 Å². The highest BCUT2D eigenvalue weighted by Crippen LogP contribution is 2.53. The van der Waals surface area contributed by atoms with Crippen LogP contribution in [0.1, 0.15) is 32.7 Å². The Bertz CT molecular complexity index is 912. The van der Waals surface area contributed by atoms with Crippen molar-refractivity contribution in [1.29, 1.82) is 0 Å². The molecule has 1 aliphatic rings. The summed E-state index contributed by atoms with van der Waals surface area (Å²) in [6.07, 6.45) is -0.817. The van der Waals surface area contributed by atoms with Crippen molar-refractivity contribution in [2.75, 3.05) is 13.3 Å². The summed E-state index contributed by atoms with van der Waals surface area (Å²) in [6.45, 7) is -0.319. The molecule has 4 N–H and O–H groups in total. The van der Waals surface area contributed by atoms with E-state index in [1.54, 1.807) is 13.8 Å². The molecule has 14 heteroatoms. The monoisotopic (exact) mass is 472 g/mol. The Morgan fingerprint density at radius 1 is 1.31 bits per heavy atom. The maximum atomic E-state index is 12.2. The quantitative estimate of drug-likeness (QED) is 0.377. The van der Waals surface area contributed by atoms with E-state index in [9.17, 15) is 28.8 Å². The fourth-order valence-corrected chi connectivity index (χ4v) is 6.19. The molecule has 11 nitrogen and oxygen atoms in total. The standard InChI is InChI=1S/C15H26N2O9P2S/c1-9(2)25-28(23,29)26-13-10(5-7-27(20,21)22)8-11(14(13)24-3)17-6-4-12(18)16-15(17)19/h4,6,9-11,13-14H,5,7-8H2,1-3H3,(H,23,29)(H,16,18,19)(H2,20,21,22)/t10-,11+,13+,14-,28?/m0/s1. The molecular formula is C15H26N2O9P2S. The molecule has 1 heterocycles. The van der Waals surface area contributed by atoms with Crippen molar-refractivity contribution in [3.63, 3.8) is 0 Å². The Morgan fingerprint density at radius 3 is 2.48 bits per heavy atom. The molecule has 0 saturated heterocycles. The van der Waals surface area contributed by atoms with Gasteiger partial charge < -0.3 is 28.5 Å². The van der Waals surface area contributed by atoms with Crippen molar-refractivity contribution in [3.05, 3.63) is 33.1 Å². The smallest absolute Gasteiger partial charge is 0.328 e. The minimum Gasteiger partial charge on any atom is -0.377 e. The zero-order chi connectivity index (χ0) is 22.0. The Labute approximate surface area is 172 Å². The van der Waals surface area contributed by atoms with Gasteiger partial charge in [-0.15, -0.1) is 0 Å². The minimum atomic E-state index is -4.28. The van der Waals surface area contributed by atoms with Crippen LogP contribution in [0.2, 0.25) is 0 Å². The summed E-state index contributed by atoms with van der Waals surface area (Å²) in [7, 11) is -2.89. The van der Waals surface area contributed by atoms with Crippen LogP contribution in [0.15, 0.2) is 21.9 Å². The molecule has 1 aliphatic carbocycles. The highest BCUT2D eigenvalue weighted by Gasteiger charge is 2.48. The lowest BCUT2D eigenvalue weighted by Gasteiger charge is -2.30. The molecule has 1 aromatic rings. The Morgan fingerprint density at radius 2 is 1.97 bits per heavy atom. The van der Waals surface area contributed by atoms with Gasteiger partial charge in [-0.2, -0.15) is 0 Å².